The van der Waals surface area contributed by atoms with Crippen LogP contribution in [0.3, 0.4) is 0 Å². The highest BCUT2D eigenvalue weighted by Crippen LogP contribution is 2.32. The van der Waals surface area contributed by atoms with Crippen LogP contribution >= 0.6 is 11.3 Å². The molecule has 2 N–H and O–H groups in total. The molecule has 0 saturated heterocycles. The summed E-state index contributed by atoms with van der Waals surface area (Å²) in [6, 6.07) is 18.6. The molecule has 3 heterocycles. The van der Waals surface area contributed by atoms with E-state index >= 15 is 0 Å². The maximum atomic E-state index is 13.1. The second-order valence-electron chi connectivity index (χ2n) is 7.45. The molecule has 0 fully saturated rings. The zero-order chi connectivity index (χ0) is 21.9. The van der Waals surface area contributed by atoms with Crippen LogP contribution < -0.4 is 5.32 Å². The largest absolute Gasteiger partial charge is 0.357 e. The highest BCUT2D eigenvalue weighted by atomic mass is 32.1. The normalized spacial score (nSPS) is 11.1. The van der Waals surface area contributed by atoms with Crippen molar-refractivity contribution >= 4 is 16.5 Å². The zero-order valence-electron chi connectivity index (χ0n) is 17.4. The number of hydrogen-bond donors (Lipinski definition) is 2. The molecule has 0 unspecified atom stereocenters. The molecule has 0 radical (unpaired) electrons. The molecule has 0 bridgehead atoms. The van der Waals surface area contributed by atoms with Gasteiger partial charge in [-0.05, 0) is 36.2 Å². The number of H-pyrrole nitrogens is 1. The van der Waals surface area contributed by atoms with Gasteiger partial charge in [-0.15, -0.1) is 0 Å². The molecule has 0 saturated carbocycles. The Morgan fingerprint density at radius 3 is 2.69 bits per heavy atom. The van der Waals surface area contributed by atoms with Crippen molar-refractivity contribution < 1.29 is 4.39 Å². The molecule has 0 atom stereocenters. The van der Waals surface area contributed by atoms with Crippen LogP contribution in [0.25, 0.3) is 21.8 Å². The van der Waals surface area contributed by atoms with Gasteiger partial charge in [-0.25, -0.2) is 9.37 Å². The van der Waals surface area contributed by atoms with Crippen LogP contribution in [0, 0.1) is 12.7 Å². The van der Waals surface area contributed by atoms with E-state index in [0.717, 1.165) is 43.8 Å². The number of rotatable bonds is 7. The van der Waals surface area contributed by atoms with Crippen molar-refractivity contribution in [2.75, 3.05) is 5.32 Å². The quantitative estimate of drug-likeness (QED) is 0.347. The molecule has 0 aliphatic heterocycles. The van der Waals surface area contributed by atoms with E-state index in [1.165, 1.54) is 12.1 Å². The number of anilines is 1. The van der Waals surface area contributed by atoms with Gasteiger partial charge in [0.05, 0.1) is 29.0 Å². The minimum atomic E-state index is -0.235. The van der Waals surface area contributed by atoms with Gasteiger partial charge >= 0.3 is 0 Å². The molecular formula is C24H21FN6S. The zero-order valence-corrected chi connectivity index (χ0v) is 18.2. The van der Waals surface area contributed by atoms with Crippen LogP contribution in [0.1, 0.15) is 16.8 Å². The number of aromatic amines is 1. The van der Waals surface area contributed by atoms with Crippen molar-refractivity contribution in [2.45, 2.75) is 20.0 Å². The Morgan fingerprint density at radius 1 is 1.06 bits per heavy atom. The minimum absolute atomic E-state index is 0.235. The Hall–Kier alpha value is -3.78. The van der Waals surface area contributed by atoms with Crippen LogP contribution in [-0.2, 0) is 13.1 Å². The smallest absolute Gasteiger partial charge is 0.183 e. The van der Waals surface area contributed by atoms with Crippen molar-refractivity contribution in [3.8, 4) is 21.8 Å². The van der Waals surface area contributed by atoms with E-state index in [0.29, 0.717) is 13.1 Å². The summed E-state index contributed by atoms with van der Waals surface area (Å²) in [4.78, 5) is 5.71. The number of nitrogens with zero attached hydrogens (tertiary/aromatic N) is 4. The Balaban J connectivity index is 1.29. The van der Waals surface area contributed by atoms with Gasteiger partial charge in [0.1, 0.15) is 11.5 Å². The summed E-state index contributed by atoms with van der Waals surface area (Å²) in [5.74, 6) is -0.235. The van der Waals surface area contributed by atoms with Gasteiger partial charge in [0.15, 0.2) is 5.13 Å². The Morgan fingerprint density at radius 2 is 1.88 bits per heavy atom. The minimum Gasteiger partial charge on any atom is -0.357 e. The lowest BCUT2D eigenvalue weighted by Gasteiger charge is -2.04. The lowest BCUT2D eigenvalue weighted by atomic mass is 10.1. The third kappa shape index (κ3) is 4.31. The first-order valence-electron chi connectivity index (χ1n) is 10.2. The second-order valence-corrected chi connectivity index (χ2v) is 8.45. The van der Waals surface area contributed by atoms with Gasteiger partial charge in [0.25, 0.3) is 0 Å². The fourth-order valence-corrected chi connectivity index (χ4v) is 4.46. The third-order valence-electron chi connectivity index (χ3n) is 5.14. The van der Waals surface area contributed by atoms with E-state index in [4.69, 9.17) is 0 Å². The summed E-state index contributed by atoms with van der Waals surface area (Å²) in [6.07, 6.45) is 3.77. The average molecular weight is 445 g/mol. The molecular weight excluding hydrogens is 423 g/mol. The van der Waals surface area contributed by atoms with Crippen molar-refractivity contribution in [3.05, 3.63) is 95.7 Å². The summed E-state index contributed by atoms with van der Waals surface area (Å²) < 4.78 is 15.0. The second kappa shape index (κ2) is 8.76. The molecule has 0 spiro atoms. The van der Waals surface area contributed by atoms with Crippen molar-refractivity contribution in [1.82, 2.24) is 25.0 Å². The lowest BCUT2D eigenvalue weighted by Crippen LogP contribution is -2.00. The van der Waals surface area contributed by atoms with Crippen LogP contribution in [0.4, 0.5) is 9.52 Å². The van der Waals surface area contributed by atoms with Gasteiger partial charge in [-0.2, -0.15) is 10.2 Å². The fourth-order valence-electron chi connectivity index (χ4n) is 3.53. The molecule has 6 nitrogen and oxygen atoms in total. The van der Waals surface area contributed by atoms with Crippen molar-refractivity contribution in [2.24, 2.45) is 0 Å². The highest BCUT2D eigenvalue weighted by molar-refractivity contribution is 7.19. The summed E-state index contributed by atoms with van der Waals surface area (Å²) in [6.45, 7) is 3.20. The first-order chi connectivity index (χ1) is 15.7. The summed E-state index contributed by atoms with van der Waals surface area (Å²) in [5.41, 5.74) is 5.99. The number of benzene rings is 2. The molecule has 0 aliphatic carbocycles. The summed E-state index contributed by atoms with van der Waals surface area (Å²) >= 11 is 1.58. The Kier molecular flexibility index (Phi) is 5.51. The number of nitrogens with one attached hydrogen (secondary N) is 2. The SMILES string of the molecule is Cc1nc(NCc2cn[nH]c2-c2ccccc2)sc1-c1ccn(Cc2ccc(F)cc2)n1. The Bertz CT molecular complexity index is 1320. The van der Waals surface area contributed by atoms with Crippen LogP contribution in [0.5, 0.6) is 0 Å². The van der Waals surface area contributed by atoms with Crippen LogP contribution in [0.2, 0.25) is 0 Å². The molecule has 160 valence electrons. The average Bonchev–Trinajstić information content (AvgIpc) is 3.54. The van der Waals surface area contributed by atoms with E-state index in [1.54, 1.807) is 23.5 Å². The maximum Gasteiger partial charge on any atom is 0.183 e. The molecule has 3 aromatic heterocycles. The number of aromatic nitrogens is 5. The molecule has 2 aromatic carbocycles. The van der Waals surface area contributed by atoms with E-state index in [1.807, 2.05) is 48.3 Å². The first kappa shape index (κ1) is 20.1. The molecule has 32 heavy (non-hydrogen) atoms. The summed E-state index contributed by atoms with van der Waals surface area (Å²) in [7, 11) is 0. The third-order valence-corrected chi connectivity index (χ3v) is 6.28. The molecule has 8 heteroatoms. The molecule has 5 rings (SSSR count). The van der Waals surface area contributed by atoms with Crippen molar-refractivity contribution in [3.63, 3.8) is 0 Å². The van der Waals surface area contributed by atoms with Gasteiger partial charge in [0.2, 0.25) is 0 Å². The van der Waals surface area contributed by atoms with Crippen LogP contribution in [0.15, 0.2) is 73.1 Å². The highest BCUT2D eigenvalue weighted by Gasteiger charge is 2.14. The maximum absolute atomic E-state index is 13.1. The fraction of sp³-hybridized carbons (Fsp3) is 0.125. The van der Waals surface area contributed by atoms with Gasteiger partial charge in [-0.3, -0.25) is 9.78 Å². The van der Waals surface area contributed by atoms with E-state index in [9.17, 15) is 4.39 Å². The molecule has 5 aromatic rings. The predicted molar refractivity (Wildman–Crippen MR) is 125 cm³/mol. The van der Waals surface area contributed by atoms with Gasteiger partial charge in [-0.1, -0.05) is 53.8 Å². The molecule has 0 amide bonds. The number of halogens is 1. The topological polar surface area (TPSA) is 71.4 Å². The number of hydrogen-bond acceptors (Lipinski definition) is 5. The monoisotopic (exact) mass is 444 g/mol. The van der Waals surface area contributed by atoms with E-state index in [-0.39, 0.29) is 5.82 Å². The number of aryl methyl sites for hydroxylation is 1. The molecule has 0 aliphatic rings. The van der Waals surface area contributed by atoms with Gasteiger partial charge < -0.3 is 5.32 Å². The predicted octanol–water partition coefficient (Wildman–Crippen LogP) is 5.50. The Labute approximate surface area is 188 Å². The van der Waals surface area contributed by atoms with Gasteiger partial charge in [0, 0.05) is 18.3 Å². The lowest BCUT2D eigenvalue weighted by molar-refractivity contribution is 0.624. The van der Waals surface area contributed by atoms with Crippen LogP contribution in [-0.4, -0.2) is 25.0 Å². The van der Waals surface area contributed by atoms with Crippen molar-refractivity contribution in [1.29, 1.82) is 0 Å². The van der Waals surface area contributed by atoms with E-state index < -0.39 is 0 Å². The number of thiazole rings is 1. The summed E-state index contributed by atoms with van der Waals surface area (Å²) in [5, 5.41) is 16.2. The standard InChI is InChI=1S/C24H21FN6S/c1-16-23(21-11-12-31(30-21)15-17-7-9-20(25)10-8-17)32-24(28-16)26-13-19-14-27-29-22(19)18-5-3-2-4-6-18/h2-12,14H,13,15H2,1H3,(H,26,28)(H,27,29). The first-order valence-corrected chi connectivity index (χ1v) is 11.0. The van der Waals surface area contributed by atoms with E-state index in [2.05, 4.69) is 37.7 Å².